The van der Waals surface area contributed by atoms with Gasteiger partial charge in [-0.05, 0) is 26.3 Å². The molecule has 0 N–H and O–H groups in total. The van der Waals surface area contributed by atoms with Crippen molar-refractivity contribution in [3.05, 3.63) is 51.2 Å². The average molecular weight is 316 g/mol. The molecule has 6 nitrogen and oxygen atoms in total. The van der Waals surface area contributed by atoms with Gasteiger partial charge in [0.2, 0.25) is 0 Å². The quantitative estimate of drug-likeness (QED) is 0.742. The molecule has 0 spiro atoms. The Kier molecular flexibility index (Phi) is 3.31. The van der Waals surface area contributed by atoms with Crippen LogP contribution in [-0.4, -0.2) is 26.0 Å². The zero-order valence-corrected chi connectivity index (χ0v) is 13.0. The summed E-state index contributed by atoms with van der Waals surface area (Å²) in [6.07, 6.45) is 3.94. The van der Waals surface area contributed by atoms with Crippen molar-refractivity contribution in [2.75, 3.05) is 6.54 Å². The summed E-state index contributed by atoms with van der Waals surface area (Å²) in [6, 6.07) is 3.87. The molecule has 1 aliphatic rings. The summed E-state index contributed by atoms with van der Waals surface area (Å²) < 4.78 is 6.78. The molecule has 1 fully saturated rings. The highest BCUT2D eigenvalue weighted by molar-refractivity contribution is 7.15. The van der Waals surface area contributed by atoms with Gasteiger partial charge >= 0.3 is 0 Å². The summed E-state index contributed by atoms with van der Waals surface area (Å²) in [6.45, 7) is 3.56. The van der Waals surface area contributed by atoms with Crippen LogP contribution in [0, 0.1) is 6.92 Å². The molecule has 1 atom stereocenters. The molecule has 0 aliphatic carbocycles. The fourth-order valence-electron chi connectivity index (χ4n) is 3.07. The van der Waals surface area contributed by atoms with Gasteiger partial charge in [0.25, 0.3) is 5.56 Å². The highest BCUT2D eigenvalue weighted by atomic mass is 32.1. The molecule has 114 valence electrons. The molecule has 22 heavy (non-hydrogen) atoms. The lowest BCUT2D eigenvalue weighted by molar-refractivity contribution is 0.234. The van der Waals surface area contributed by atoms with Crippen molar-refractivity contribution in [2.45, 2.75) is 32.4 Å². The van der Waals surface area contributed by atoms with E-state index >= 15 is 0 Å². The maximum atomic E-state index is 12.1. The lowest BCUT2D eigenvalue weighted by atomic mass is 10.1. The smallest absolute Gasteiger partial charge is 0.258 e. The minimum atomic E-state index is -0.0192. The molecule has 1 aliphatic heterocycles. The van der Waals surface area contributed by atoms with Gasteiger partial charge in [0, 0.05) is 30.3 Å². The van der Waals surface area contributed by atoms with Gasteiger partial charge in [0.15, 0.2) is 4.96 Å². The SMILES string of the molecule is Cc1cc([C@@H]2CCCN2Cc2cc(=O)n3ccsc3n2)no1. The van der Waals surface area contributed by atoms with Crippen molar-refractivity contribution in [3.63, 3.8) is 0 Å². The van der Waals surface area contributed by atoms with E-state index in [1.807, 2.05) is 18.4 Å². The van der Waals surface area contributed by atoms with Gasteiger partial charge in [-0.25, -0.2) is 4.98 Å². The summed E-state index contributed by atoms with van der Waals surface area (Å²) in [5.74, 6) is 0.832. The van der Waals surface area contributed by atoms with E-state index in [0.717, 1.165) is 41.5 Å². The van der Waals surface area contributed by atoms with E-state index in [1.165, 1.54) is 11.3 Å². The largest absolute Gasteiger partial charge is 0.361 e. The first-order chi connectivity index (χ1) is 10.7. The first-order valence-electron chi connectivity index (χ1n) is 7.34. The first-order valence-corrected chi connectivity index (χ1v) is 8.22. The van der Waals surface area contributed by atoms with E-state index in [9.17, 15) is 4.79 Å². The number of aromatic nitrogens is 3. The Labute approximate surface area is 131 Å². The summed E-state index contributed by atoms with van der Waals surface area (Å²) >= 11 is 1.48. The monoisotopic (exact) mass is 316 g/mol. The van der Waals surface area contributed by atoms with Crippen LogP contribution >= 0.6 is 11.3 Å². The van der Waals surface area contributed by atoms with E-state index in [2.05, 4.69) is 15.0 Å². The molecule has 0 aromatic carbocycles. The zero-order chi connectivity index (χ0) is 15.1. The van der Waals surface area contributed by atoms with Crippen molar-refractivity contribution in [1.29, 1.82) is 0 Å². The molecule has 1 saturated heterocycles. The second-order valence-corrected chi connectivity index (χ2v) is 6.51. The normalized spacial score (nSPS) is 19.2. The number of nitrogens with zero attached hydrogens (tertiary/aromatic N) is 4. The van der Waals surface area contributed by atoms with Crippen LogP contribution in [0.2, 0.25) is 0 Å². The Bertz CT molecular complexity index is 866. The number of rotatable bonds is 3. The van der Waals surface area contributed by atoms with Crippen LogP contribution < -0.4 is 5.56 Å². The molecule has 3 aromatic heterocycles. The fourth-order valence-corrected chi connectivity index (χ4v) is 3.81. The van der Waals surface area contributed by atoms with Crippen molar-refractivity contribution < 1.29 is 4.52 Å². The van der Waals surface area contributed by atoms with Crippen LogP contribution in [0.3, 0.4) is 0 Å². The van der Waals surface area contributed by atoms with E-state index in [4.69, 9.17) is 4.52 Å². The summed E-state index contributed by atoms with van der Waals surface area (Å²) in [5.41, 5.74) is 1.78. The third-order valence-electron chi connectivity index (χ3n) is 4.07. The Balaban J connectivity index is 1.62. The van der Waals surface area contributed by atoms with Crippen LogP contribution in [0.5, 0.6) is 0 Å². The van der Waals surface area contributed by atoms with Crippen molar-refractivity contribution in [2.24, 2.45) is 0 Å². The van der Waals surface area contributed by atoms with Gasteiger partial charge in [-0.3, -0.25) is 14.1 Å². The highest BCUT2D eigenvalue weighted by Crippen LogP contribution is 2.32. The standard InChI is InChI=1S/C15H16N4O2S/c1-10-7-12(17-21-10)13-3-2-4-18(13)9-11-8-14(20)19-5-6-22-15(19)16-11/h5-8,13H,2-4,9H2,1H3/t13-/m0/s1. The Hall–Kier alpha value is -1.99. The Morgan fingerprint density at radius 2 is 2.36 bits per heavy atom. The minimum Gasteiger partial charge on any atom is -0.361 e. The maximum Gasteiger partial charge on any atom is 0.258 e. The lowest BCUT2D eigenvalue weighted by Crippen LogP contribution is -2.25. The highest BCUT2D eigenvalue weighted by Gasteiger charge is 2.28. The van der Waals surface area contributed by atoms with Crippen molar-refractivity contribution >= 4 is 16.3 Å². The van der Waals surface area contributed by atoms with Crippen LogP contribution in [0.15, 0.2) is 33.0 Å². The molecule has 3 aromatic rings. The second-order valence-electron chi connectivity index (χ2n) is 5.63. The molecule has 0 saturated carbocycles. The predicted octanol–water partition coefficient (Wildman–Crippen LogP) is 2.39. The number of aryl methyl sites for hydroxylation is 1. The molecule has 0 amide bonds. The lowest BCUT2D eigenvalue weighted by Gasteiger charge is -2.21. The van der Waals surface area contributed by atoms with Gasteiger partial charge in [0.1, 0.15) is 11.5 Å². The van der Waals surface area contributed by atoms with Crippen LogP contribution in [0.1, 0.15) is 36.0 Å². The molecule has 0 unspecified atom stereocenters. The minimum absolute atomic E-state index is 0.0192. The number of likely N-dealkylation sites (tertiary alicyclic amines) is 1. The van der Waals surface area contributed by atoms with Crippen LogP contribution in [0.25, 0.3) is 4.96 Å². The predicted molar refractivity (Wildman–Crippen MR) is 83.0 cm³/mol. The van der Waals surface area contributed by atoms with E-state index < -0.39 is 0 Å². The van der Waals surface area contributed by atoms with E-state index in [-0.39, 0.29) is 11.6 Å². The van der Waals surface area contributed by atoms with Gasteiger partial charge in [-0.1, -0.05) is 5.16 Å². The van der Waals surface area contributed by atoms with E-state index in [0.29, 0.717) is 6.54 Å². The van der Waals surface area contributed by atoms with Gasteiger partial charge in [0.05, 0.1) is 11.7 Å². The fraction of sp³-hybridized carbons (Fsp3) is 0.400. The molecular weight excluding hydrogens is 300 g/mol. The number of hydrogen-bond donors (Lipinski definition) is 0. The average Bonchev–Trinajstić information content (AvgIpc) is 3.19. The van der Waals surface area contributed by atoms with Crippen molar-refractivity contribution in [1.82, 2.24) is 19.4 Å². The Morgan fingerprint density at radius 1 is 1.45 bits per heavy atom. The van der Waals surface area contributed by atoms with Gasteiger partial charge < -0.3 is 4.52 Å². The first kappa shape index (κ1) is 13.7. The molecule has 0 radical (unpaired) electrons. The molecule has 4 rings (SSSR count). The number of thiazole rings is 1. The van der Waals surface area contributed by atoms with E-state index in [1.54, 1.807) is 16.7 Å². The summed E-state index contributed by atoms with van der Waals surface area (Å²) in [7, 11) is 0. The number of hydrogen-bond acceptors (Lipinski definition) is 6. The molecule has 7 heteroatoms. The third-order valence-corrected chi connectivity index (χ3v) is 4.83. The maximum absolute atomic E-state index is 12.1. The third kappa shape index (κ3) is 2.36. The van der Waals surface area contributed by atoms with Crippen LogP contribution in [-0.2, 0) is 6.54 Å². The van der Waals surface area contributed by atoms with Gasteiger partial charge in [-0.15, -0.1) is 11.3 Å². The number of fused-ring (bicyclic) bond motifs is 1. The van der Waals surface area contributed by atoms with Crippen LogP contribution in [0.4, 0.5) is 0 Å². The molecule has 4 heterocycles. The molecule has 0 bridgehead atoms. The summed E-state index contributed by atoms with van der Waals surface area (Å²) in [5, 5.41) is 6.03. The van der Waals surface area contributed by atoms with Crippen molar-refractivity contribution in [3.8, 4) is 0 Å². The molecular formula is C15H16N4O2S. The Morgan fingerprint density at radius 3 is 3.18 bits per heavy atom. The zero-order valence-electron chi connectivity index (χ0n) is 12.2. The summed E-state index contributed by atoms with van der Waals surface area (Å²) in [4.78, 5) is 19.7. The second kappa shape index (κ2) is 5.33. The topological polar surface area (TPSA) is 63.6 Å². The van der Waals surface area contributed by atoms with Gasteiger partial charge in [-0.2, -0.15) is 0 Å².